The molecule has 6 heteroatoms. The van der Waals surface area contributed by atoms with Crippen molar-refractivity contribution in [3.63, 3.8) is 0 Å². The molecule has 0 aromatic heterocycles. The van der Waals surface area contributed by atoms with Gasteiger partial charge in [0.1, 0.15) is 17.6 Å². The van der Waals surface area contributed by atoms with Crippen molar-refractivity contribution in [2.75, 3.05) is 13.2 Å². The molecule has 0 aliphatic heterocycles. The van der Waals surface area contributed by atoms with E-state index < -0.39 is 12.4 Å². The molecule has 2 rings (SSSR count). The number of aromatic hydroxyl groups is 1. The molecule has 2 aromatic carbocycles. The van der Waals surface area contributed by atoms with Gasteiger partial charge in [0.05, 0.1) is 12.2 Å². The number of aliphatic hydroxyl groups excluding tert-OH is 2. The lowest BCUT2D eigenvalue weighted by atomic mass is 10.0. The van der Waals surface area contributed by atoms with Crippen LogP contribution in [0.5, 0.6) is 11.5 Å². The average molecular weight is 346 g/mol. The smallest absolute Gasteiger partial charge is 0.225 e. The second-order valence-electron chi connectivity index (χ2n) is 5.55. The zero-order valence-corrected chi connectivity index (χ0v) is 14.0. The molecule has 0 radical (unpaired) electrons. The highest BCUT2D eigenvalue weighted by atomic mass is 16.7. The average Bonchev–Trinajstić information content (AvgIpc) is 2.61. The summed E-state index contributed by atoms with van der Waals surface area (Å²) in [5.41, 5.74) is 0.633. The molecule has 0 fully saturated rings. The summed E-state index contributed by atoms with van der Waals surface area (Å²) in [5.74, 6) is -0.251. The summed E-state index contributed by atoms with van der Waals surface area (Å²) in [6.45, 7) is 1.71. The summed E-state index contributed by atoms with van der Waals surface area (Å²) < 4.78 is 10.9. The zero-order chi connectivity index (χ0) is 18.2. The Bertz CT molecular complexity index is 684. The van der Waals surface area contributed by atoms with Crippen LogP contribution < -0.4 is 4.74 Å². The molecule has 134 valence electrons. The van der Waals surface area contributed by atoms with Gasteiger partial charge in [-0.2, -0.15) is 0 Å². The first-order chi connectivity index (χ1) is 12.0. The predicted octanol–water partition coefficient (Wildman–Crippen LogP) is 2.11. The Morgan fingerprint density at radius 3 is 2.48 bits per heavy atom. The Morgan fingerprint density at radius 1 is 1.16 bits per heavy atom. The van der Waals surface area contributed by atoms with E-state index >= 15 is 0 Å². The highest BCUT2D eigenvalue weighted by Gasteiger charge is 2.19. The number of phenolic OH excluding ortho intramolecular Hbond substituents is 1. The topological polar surface area (TPSA) is 96.2 Å². The Morgan fingerprint density at radius 2 is 1.88 bits per heavy atom. The molecule has 2 atom stereocenters. The second-order valence-corrected chi connectivity index (χ2v) is 5.55. The fraction of sp³-hybridized carbons (Fsp3) is 0.316. The van der Waals surface area contributed by atoms with Gasteiger partial charge in [-0.15, -0.1) is 0 Å². The second kappa shape index (κ2) is 9.17. The number of hydrogen-bond donors (Lipinski definition) is 3. The Hall–Kier alpha value is -2.41. The molecule has 6 nitrogen and oxygen atoms in total. The predicted molar refractivity (Wildman–Crippen MR) is 91.7 cm³/mol. The number of benzene rings is 2. The first kappa shape index (κ1) is 18.9. The number of ketones is 1. The molecule has 0 aliphatic carbocycles. The van der Waals surface area contributed by atoms with E-state index in [1.807, 2.05) is 0 Å². The van der Waals surface area contributed by atoms with Crippen molar-refractivity contribution in [3.8, 4) is 11.5 Å². The van der Waals surface area contributed by atoms with E-state index in [1.165, 1.54) is 25.1 Å². The lowest BCUT2D eigenvalue weighted by Crippen LogP contribution is -2.32. The summed E-state index contributed by atoms with van der Waals surface area (Å²) in [5, 5.41) is 28.6. The van der Waals surface area contributed by atoms with Crippen LogP contribution in [0, 0.1) is 0 Å². The standard InChI is InChI=1S/C19H22O6/c1-13(21)19(24-11-5-10-20)25-15-8-9-16(17(22)12-15)18(23)14-6-3-2-4-7-14/h2-4,6-9,12-13,19-22H,5,10-11H2,1H3. The van der Waals surface area contributed by atoms with Crippen molar-refractivity contribution in [2.24, 2.45) is 0 Å². The fourth-order valence-electron chi connectivity index (χ4n) is 2.19. The van der Waals surface area contributed by atoms with Crippen molar-refractivity contribution in [3.05, 3.63) is 59.7 Å². The number of rotatable bonds is 9. The first-order valence-corrected chi connectivity index (χ1v) is 8.03. The summed E-state index contributed by atoms with van der Waals surface area (Å²) in [6.07, 6.45) is -1.43. The van der Waals surface area contributed by atoms with Gasteiger partial charge in [0.15, 0.2) is 5.78 Å². The van der Waals surface area contributed by atoms with Crippen LogP contribution >= 0.6 is 0 Å². The normalized spacial score (nSPS) is 13.2. The third-order valence-corrected chi connectivity index (χ3v) is 3.48. The number of carbonyl (C=O) groups is 1. The van der Waals surface area contributed by atoms with Gasteiger partial charge in [0.25, 0.3) is 0 Å². The number of carbonyl (C=O) groups excluding carboxylic acids is 1. The summed E-state index contributed by atoms with van der Waals surface area (Å²) >= 11 is 0. The molecule has 0 saturated carbocycles. The minimum absolute atomic E-state index is 0.0242. The fourth-order valence-corrected chi connectivity index (χ4v) is 2.19. The maximum Gasteiger partial charge on any atom is 0.225 e. The molecule has 0 aliphatic rings. The van der Waals surface area contributed by atoms with Gasteiger partial charge in [-0.1, -0.05) is 30.3 Å². The van der Waals surface area contributed by atoms with Crippen molar-refractivity contribution in [1.29, 1.82) is 0 Å². The first-order valence-electron chi connectivity index (χ1n) is 8.03. The van der Waals surface area contributed by atoms with E-state index in [4.69, 9.17) is 14.6 Å². The van der Waals surface area contributed by atoms with Crippen molar-refractivity contribution in [1.82, 2.24) is 0 Å². The van der Waals surface area contributed by atoms with Crippen LogP contribution in [0.2, 0.25) is 0 Å². The Kier molecular flexibility index (Phi) is 6.94. The molecule has 25 heavy (non-hydrogen) atoms. The Labute approximate surface area is 146 Å². The van der Waals surface area contributed by atoms with Gasteiger partial charge in [0, 0.05) is 18.2 Å². The summed E-state index contributed by atoms with van der Waals surface area (Å²) in [7, 11) is 0. The SMILES string of the molecule is CC(O)C(OCCCO)Oc1ccc(C(=O)c2ccccc2)c(O)c1. The van der Waals surface area contributed by atoms with Gasteiger partial charge < -0.3 is 24.8 Å². The van der Waals surface area contributed by atoms with E-state index in [9.17, 15) is 15.0 Å². The van der Waals surface area contributed by atoms with Crippen LogP contribution in [-0.4, -0.2) is 46.7 Å². The monoisotopic (exact) mass is 346 g/mol. The van der Waals surface area contributed by atoms with Gasteiger partial charge >= 0.3 is 0 Å². The van der Waals surface area contributed by atoms with E-state index in [1.54, 1.807) is 30.3 Å². The minimum Gasteiger partial charge on any atom is -0.507 e. The van der Waals surface area contributed by atoms with Crippen molar-refractivity contribution >= 4 is 5.78 Å². The van der Waals surface area contributed by atoms with E-state index in [0.717, 1.165) is 0 Å². The molecule has 0 amide bonds. The largest absolute Gasteiger partial charge is 0.507 e. The summed E-state index contributed by atoms with van der Waals surface area (Å²) in [4.78, 5) is 12.4. The van der Waals surface area contributed by atoms with Gasteiger partial charge in [-0.3, -0.25) is 4.79 Å². The van der Waals surface area contributed by atoms with Crippen LogP contribution in [-0.2, 0) is 4.74 Å². The molecule has 2 aromatic rings. The van der Waals surface area contributed by atoms with Crippen LogP contribution in [0.15, 0.2) is 48.5 Å². The van der Waals surface area contributed by atoms with Gasteiger partial charge in [0.2, 0.25) is 6.29 Å². The number of phenols is 1. The molecule has 0 heterocycles. The van der Waals surface area contributed by atoms with Crippen molar-refractivity contribution < 1.29 is 29.6 Å². The minimum atomic E-state index is -0.943. The molecule has 3 N–H and O–H groups in total. The quantitative estimate of drug-likeness (QED) is 0.366. The number of aliphatic hydroxyl groups is 2. The number of ether oxygens (including phenoxy) is 2. The molecular formula is C19H22O6. The lowest BCUT2D eigenvalue weighted by molar-refractivity contribution is -0.141. The van der Waals surface area contributed by atoms with Crippen LogP contribution in [0.1, 0.15) is 29.3 Å². The van der Waals surface area contributed by atoms with Gasteiger partial charge in [-0.25, -0.2) is 0 Å². The molecule has 0 saturated heterocycles. The molecule has 0 bridgehead atoms. The van der Waals surface area contributed by atoms with E-state index in [0.29, 0.717) is 12.0 Å². The van der Waals surface area contributed by atoms with E-state index in [-0.39, 0.29) is 36.1 Å². The highest BCUT2D eigenvalue weighted by Crippen LogP contribution is 2.27. The van der Waals surface area contributed by atoms with Crippen LogP contribution in [0.4, 0.5) is 0 Å². The Balaban J connectivity index is 2.11. The molecule has 2 unspecified atom stereocenters. The third kappa shape index (κ3) is 5.29. The molecular weight excluding hydrogens is 324 g/mol. The maximum atomic E-state index is 12.4. The molecule has 0 spiro atoms. The highest BCUT2D eigenvalue weighted by molar-refractivity contribution is 6.10. The van der Waals surface area contributed by atoms with E-state index in [2.05, 4.69) is 0 Å². The maximum absolute atomic E-state index is 12.4. The third-order valence-electron chi connectivity index (χ3n) is 3.48. The van der Waals surface area contributed by atoms with Crippen LogP contribution in [0.25, 0.3) is 0 Å². The van der Waals surface area contributed by atoms with Crippen LogP contribution in [0.3, 0.4) is 0 Å². The van der Waals surface area contributed by atoms with Crippen molar-refractivity contribution in [2.45, 2.75) is 25.7 Å². The van der Waals surface area contributed by atoms with Gasteiger partial charge in [-0.05, 0) is 25.5 Å². The zero-order valence-electron chi connectivity index (χ0n) is 14.0. The lowest BCUT2D eigenvalue weighted by Gasteiger charge is -2.22. The summed E-state index contributed by atoms with van der Waals surface area (Å²) in [6, 6.07) is 12.9. The number of hydrogen-bond acceptors (Lipinski definition) is 6.